The highest BCUT2D eigenvalue weighted by molar-refractivity contribution is 9.10. The third kappa shape index (κ3) is 2.11. The Labute approximate surface area is 99.8 Å². The van der Waals surface area contributed by atoms with Crippen molar-refractivity contribution in [3.05, 3.63) is 40.6 Å². The largest absolute Gasteiger partial charge is 0.481 e. The summed E-state index contributed by atoms with van der Waals surface area (Å²) in [5, 5.41) is 16.5. The number of nitrogens with zero attached hydrogens (tertiary/aromatic N) is 3. The van der Waals surface area contributed by atoms with Crippen LogP contribution < -0.4 is 0 Å². The van der Waals surface area contributed by atoms with E-state index in [1.54, 1.807) is 0 Å². The van der Waals surface area contributed by atoms with Gasteiger partial charge >= 0.3 is 5.97 Å². The van der Waals surface area contributed by atoms with Crippen LogP contribution in [0, 0.1) is 0 Å². The number of hydrogen-bond acceptors (Lipinski definition) is 3. The molecule has 0 radical (unpaired) electrons. The van der Waals surface area contributed by atoms with Gasteiger partial charge in [0.1, 0.15) is 0 Å². The molecule has 0 fully saturated rings. The monoisotopic (exact) mass is 281 g/mol. The molecule has 0 saturated carbocycles. The van der Waals surface area contributed by atoms with Gasteiger partial charge in [0.25, 0.3) is 0 Å². The lowest BCUT2D eigenvalue weighted by Crippen LogP contribution is -2.08. The molecule has 2 aromatic rings. The molecule has 0 atom stereocenters. The minimum Gasteiger partial charge on any atom is -0.481 e. The standard InChI is InChI=1S/C10H8BrN3O2/c11-10-8(6-9(15)16)14(13-12-10)7-4-2-1-3-5-7/h1-5H,6H2,(H,15,16). The molecule has 1 N–H and O–H groups in total. The van der Waals surface area contributed by atoms with E-state index in [1.807, 2.05) is 30.3 Å². The van der Waals surface area contributed by atoms with Crippen LogP contribution in [0.5, 0.6) is 0 Å². The highest BCUT2D eigenvalue weighted by Crippen LogP contribution is 2.17. The number of aliphatic carboxylic acids is 1. The van der Waals surface area contributed by atoms with E-state index < -0.39 is 5.97 Å². The van der Waals surface area contributed by atoms with Gasteiger partial charge in [0, 0.05) is 0 Å². The van der Waals surface area contributed by atoms with Gasteiger partial charge in [-0.05, 0) is 28.1 Å². The molecule has 0 aliphatic heterocycles. The number of aromatic nitrogens is 3. The molecule has 5 nitrogen and oxygen atoms in total. The molecule has 0 saturated heterocycles. The van der Waals surface area contributed by atoms with Crippen LogP contribution in [-0.4, -0.2) is 26.1 Å². The van der Waals surface area contributed by atoms with Crippen LogP contribution in [0.2, 0.25) is 0 Å². The highest BCUT2D eigenvalue weighted by Gasteiger charge is 2.14. The van der Waals surface area contributed by atoms with Gasteiger partial charge in [0.05, 0.1) is 17.8 Å². The maximum absolute atomic E-state index is 10.7. The Bertz CT molecular complexity index is 510. The van der Waals surface area contributed by atoms with E-state index in [0.29, 0.717) is 10.3 Å². The Morgan fingerprint density at radius 3 is 2.69 bits per heavy atom. The first-order valence-corrected chi connectivity index (χ1v) is 5.35. The van der Waals surface area contributed by atoms with Crippen molar-refractivity contribution >= 4 is 21.9 Å². The summed E-state index contributed by atoms with van der Waals surface area (Å²) < 4.78 is 1.97. The zero-order valence-corrected chi connectivity index (χ0v) is 9.75. The van der Waals surface area contributed by atoms with Gasteiger partial charge in [0.15, 0.2) is 4.60 Å². The van der Waals surface area contributed by atoms with E-state index in [4.69, 9.17) is 5.11 Å². The van der Waals surface area contributed by atoms with Crippen molar-refractivity contribution in [3.63, 3.8) is 0 Å². The van der Waals surface area contributed by atoms with Gasteiger partial charge < -0.3 is 5.11 Å². The van der Waals surface area contributed by atoms with E-state index in [-0.39, 0.29) is 6.42 Å². The number of para-hydroxylation sites is 1. The third-order valence-corrected chi connectivity index (χ3v) is 2.65. The molecule has 0 unspecified atom stereocenters. The number of benzene rings is 1. The molecule has 0 amide bonds. The van der Waals surface area contributed by atoms with Crippen LogP contribution in [-0.2, 0) is 11.2 Å². The molecule has 0 spiro atoms. The number of rotatable bonds is 3. The van der Waals surface area contributed by atoms with Crippen LogP contribution in [0.1, 0.15) is 5.69 Å². The molecule has 0 aliphatic carbocycles. The summed E-state index contributed by atoms with van der Waals surface area (Å²) in [4.78, 5) is 10.7. The summed E-state index contributed by atoms with van der Waals surface area (Å²) >= 11 is 3.19. The van der Waals surface area contributed by atoms with Gasteiger partial charge in [-0.3, -0.25) is 4.79 Å². The number of carboxylic acids is 1. The lowest BCUT2D eigenvalue weighted by Gasteiger charge is -2.03. The van der Waals surface area contributed by atoms with Crippen LogP contribution >= 0.6 is 15.9 Å². The molecule has 0 aliphatic rings. The summed E-state index contributed by atoms with van der Waals surface area (Å²) in [5.41, 5.74) is 1.32. The zero-order valence-electron chi connectivity index (χ0n) is 8.17. The Morgan fingerprint density at radius 1 is 1.38 bits per heavy atom. The van der Waals surface area contributed by atoms with Crippen molar-refractivity contribution in [3.8, 4) is 5.69 Å². The van der Waals surface area contributed by atoms with E-state index >= 15 is 0 Å². The molecule has 1 aromatic carbocycles. The van der Waals surface area contributed by atoms with Crippen LogP contribution in [0.3, 0.4) is 0 Å². The summed E-state index contributed by atoms with van der Waals surface area (Å²) in [5.74, 6) is -0.916. The number of halogens is 1. The first kappa shape index (κ1) is 10.8. The Kier molecular flexibility index (Phi) is 3.00. The molecule has 82 valence electrons. The minimum absolute atomic E-state index is 0.123. The lowest BCUT2D eigenvalue weighted by molar-refractivity contribution is -0.136. The highest BCUT2D eigenvalue weighted by atomic mass is 79.9. The Morgan fingerprint density at radius 2 is 2.06 bits per heavy atom. The normalized spacial score (nSPS) is 10.3. The zero-order chi connectivity index (χ0) is 11.5. The average Bonchev–Trinajstić information content (AvgIpc) is 2.61. The van der Waals surface area contributed by atoms with Crippen molar-refractivity contribution in [1.82, 2.24) is 15.0 Å². The SMILES string of the molecule is O=C(O)Cc1c(Br)nnn1-c1ccccc1. The summed E-state index contributed by atoms with van der Waals surface area (Å²) in [6.07, 6.45) is -0.123. The van der Waals surface area contributed by atoms with Crippen LogP contribution in [0.4, 0.5) is 0 Å². The fourth-order valence-corrected chi connectivity index (χ4v) is 1.73. The summed E-state index contributed by atoms with van der Waals surface area (Å²) in [6, 6.07) is 9.27. The molecule has 6 heteroatoms. The fraction of sp³-hybridized carbons (Fsp3) is 0.100. The topological polar surface area (TPSA) is 68.0 Å². The number of carboxylic acid groups (broad SMARTS) is 1. The molecular formula is C10H8BrN3O2. The molecule has 16 heavy (non-hydrogen) atoms. The third-order valence-electron chi connectivity index (χ3n) is 2.04. The molecular weight excluding hydrogens is 274 g/mol. The van der Waals surface area contributed by atoms with E-state index in [1.165, 1.54) is 4.68 Å². The van der Waals surface area contributed by atoms with Crippen molar-refractivity contribution in [2.45, 2.75) is 6.42 Å². The van der Waals surface area contributed by atoms with Crippen molar-refractivity contribution < 1.29 is 9.90 Å². The number of hydrogen-bond donors (Lipinski definition) is 1. The summed E-state index contributed by atoms with van der Waals surface area (Å²) in [6.45, 7) is 0. The van der Waals surface area contributed by atoms with Crippen molar-refractivity contribution in [2.24, 2.45) is 0 Å². The molecule has 1 heterocycles. The predicted molar refractivity (Wildman–Crippen MR) is 60.4 cm³/mol. The first-order valence-electron chi connectivity index (χ1n) is 4.56. The first-order chi connectivity index (χ1) is 7.68. The van der Waals surface area contributed by atoms with Gasteiger partial charge in [-0.1, -0.05) is 23.4 Å². The lowest BCUT2D eigenvalue weighted by atomic mass is 10.3. The second-order valence-corrected chi connectivity index (χ2v) is 3.90. The van der Waals surface area contributed by atoms with Crippen molar-refractivity contribution in [1.29, 1.82) is 0 Å². The smallest absolute Gasteiger partial charge is 0.309 e. The van der Waals surface area contributed by atoms with E-state index in [0.717, 1.165) is 5.69 Å². The van der Waals surface area contributed by atoms with E-state index in [9.17, 15) is 4.79 Å². The van der Waals surface area contributed by atoms with Crippen LogP contribution in [0.25, 0.3) is 5.69 Å². The van der Waals surface area contributed by atoms with Gasteiger partial charge in [-0.2, -0.15) is 0 Å². The quantitative estimate of drug-likeness (QED) is 0.929. The minimum atomic E-state index is -0.916. The van der Waals surface area contributed by atoms with Gasteiger partial charge in [-0.25, -0.2) is 4.68 Å². The molecule has 2 rings (SSSR count). The van der Waals surface area contributed by atoms with E-state index in [2.05, 4.69) is 26.2 Å². The van der Waals surface area contributed by atoms with Gasteiger partial charge in [-0.15, -0.1) is 5.10 Å². The fourth-order valence-electron chi connectivity index (χ4n) is 1.35. The Balaban J connectivity index is 2.46. The predicted octanol–water partition coefficient (Wildman–Crippen LogP) is 1.66. The maximum atomic E-state index is 10.7. The average molecular weight is 282 g/mol. The maximum Gasteiger partial charge on any atom is 0.309 e. The number of carbonyl (C=O) groups is 1. The second-order valence-electron chi connectivity index (χ2n) is 3.14. The van der Waals surface area contributed by atoms with Crippen LogP contribution in [0.15, 0.2) is 34.9 Å². The summed E-state index contributed by atoms with van der Waals surface area (Å²) in [7, 11) is 0. The van der Waals surface area contributed by atoms with Gasteiger partial charge in [0.2, 0.25) is 0 Å². The Hall–Kier alpha value is -1.69. The molecule has 0 bridgehead atoms. The second kappa shape index (κ2) is 4.44. The van der Waals surface area contributed by atoms with Crippen molar-refractivity contribution in [2.75, 3.05) is 0 Å². The molecule has 1 aromatic heterocycles.